The normalized spacial score (nSPS) is 14.1. The van der Waals surface area contributed by atoms with Crippen LogP contribution in [0.3, 0.4) is 0 Å². The largest absolute Gasteiger partial charge is 0.493 e. The zero-order chi connectivity index (χ0) is 13.3. The first-order valence-electron chi connectivity index (χ1n) is 5.93. The van der Waals surface area contributed by atoms with Gasteiger partial charge in [-0.05, 0) is 35.2 Å². The van der Waals surface area contributed by atoms with Crippen molar-refractivity contribution in [2.24, 2.45) is 0 Å². The standard InChI is InChI=1S/C13H13NO3S2/c15-19(16,14-9-11-2-1-7-18-11)12-3-4-13-10(8-12)5-6-17-13/h1-4,7-8,14H,5-6,9H2. The molecule has 1 aromatic heterocycles. The molecule has 19 heavy (non-hydrogen) atoms. The van der Waals surface area contributed by atoms with Crippen LogP contribution in [0.1, 0.15) is 10.4 Å². The second-order valence-corrected chi connectivity index (χ2v) is 7.07. The number of hydrogen-bond donors (Lipinski definition) is 1. The van der Waals surface area contributed by atoms with E-state index in [-0.39, 0.29) is 0 Å². The molecule has 6 heteroatoms. The van der Waals surface area contributed by atoms with Crippen LogP contribution in [0.25, 0.3) is 0 Å². The van der Waals surface area contributed by atoms with Gasteiger partial charge in [-0.3, -0.25) is 0 Å². The number of fused-ring (bicyclic) bond motifs is 1. The van der Waals surface area contributed by atoms with Crippen molar-refractivity contribution >= 4 is 21.4 Å². The second-order valence-electron chi connectivity index (χ2n) is 4.27. The molecule has 1 aliphatic rings. The van der Waals surface area contributed by atoms with E-state index in [0.717, 1.165) is 22.6 Å². The molecule has 0 atom stereocenters. The van der Waals surface area contributed by atoms with Gasteiger partial charge in [-0.25, -0.2) is 13.1 Å². The van der Waals surface area contributed by atoms with E-state index < -0.39 is 10.0 Å². The molecule has 0 fully saturated rings. The topological polar surface area (TPSA) is 55.4 Å². The van der Waals surface area contributed by atoms with Gasteiger partial charge in [0.05, 0.1) is 11.5 Å². The highest BCUT2D eigenvalue weighted by Gasteiger charge is 2.19. The lowest BCUT2D eigenvalue weighted by atomic mass is 10.2. The first-order chi connectivity index (χ1) is 9.15. The van der Waals surface area contributed by atoms with E-state index in [1.54, 1.807) is 18.2 Å². The van der Waals surface area contributed by atoms with E-state index in [9.17, 15) is 8.42 Å². The quantitative estimate of drug-likeness (QED) is 0.940. The second kappa shape index (κ2) is 4.96. The Morgan fingerprint density at radius 1 is 1.32 bits per heavy atom. The summed E-state index contributed by atoms with van der Waals surface area (Å²) in [6, 6.07) is 8.81. The zero-order valence-corrected chi connectivity index (χ0v) is 11.8. The molecule has 0 unspecified atom stereocenters. The molecule has 1 aliphatic heterocycles. The number of sulfonamides is 1. The van der Waals surface area contributed by atoms with Crippen LogP contribution in [0, 0.1) is 0 Å². The van der Waals surface area contributed by atoms with Gasteiger partial charge in [0.15, 0.2) is 0 Å². The number of thiophene rings is 1. The van der Waals surface area contributed by atoms with Gasteiger partial charge in [0.2, 0.25) is 10.0 Å². The highest BCUT2D eigenvalue weighted by atomic mass is 32.2. The van der Waals surface area contributed by atoms with Gasteiger partial charge in [0, 0.05) is 17.8 Å². The Kier molecular flexibility index (Phi) is 3.30. The number of ether oxygens (including phenoxy) is 1. The summed E-state index contributed by atoms with van der Waals surface area (Å²) in [7, 11) is -3.46. The van der Waals surface area contributed by atoms with Crippen LogP contribution in [-0.4, -0.2) is 15.0 Å². The van der Waals surface area contributed by atoms with E-state index in [4.69, 9.17) is 4.74 Å². The molecule has 0 saturated carbocycles. The van der Waals surface area contributed by atoms with Crippen molar-refractivity contribution < 1.29 is 13.2 Å². The minimum absolute atomic E-state index is 0.299. The number of hydrogen-bond acceptors (Lipinski definition) is 4. The van der Waals surface area contributed by atoms with Crippen molar-refractivity contribution in [2.75, 3.05) is 6.61 Å². The molecule has 1 aromatic carbocycles. The minimum Gasteiger partial charge on any atom is -0.493 e. The Labute approximate surface area is 116 Å². The first kappa shape index (κ1) is 12.7. The molecule has 0 bridgehead atoms. The van der Waals surface area contributed by atoms with Gasteiger partial charge in [0.25, 0.3) is 0 Å². The fraction of sp³-hybridized carbons (Fsp3) is 0.231. The van der Waals surface area contributed by atoms with Crippen LogP contribution in [0.2, 0.25) is 0 Å². The zero-order valence-electron chi connectivity index (χ0n) is 10.1. The molecule has 2 aromatic rings. The Morgan fingerprint density at radius 2 is 2.21 bits per heavy atom. The van der Waals surface area contributed by atoms with Crippen LogP contribution in [-0.2, 0) is 23.0 Å². The maximum Gasteiger partial charge on any atom is 0.240 e. The van der Waals surface area contributed by atoms with Crippen LogP contribution in [0.5, 0.6) is 5.75 Å². The summed E-state index contributed by atoms with van der Waals surface area (Å²) in [5.74, 6) is 0.789. The molecule has 0 saturated heterocycles. The third-order valence-corrected chi connectivity index (χ3v) is 5.26. The number of rotatable bonds is 4. The van der Waals surface area contributed by atoms with Crippen molar-refractivity contribution in [1.82, 2.24) is 4.72 Å². The summed E-state index contributed by atoms with van der Waals surface area (Å²) in [6.07, 6.45) is 0.767. The van der Waals surface area contributed by atoms with E-state index in [1.165, 1.54) is 11.3 Å². The monoisotopic (exact) mass is 295 g/mol. The maximum atomic E-state index is 12.2. The van der Waals surface area contributed by atoms with Crippen molar-refractivity contribution in [3.63, 3.8) is 0 Å². The lowest BCUT2D eigenvalue weighted by molar-refractivity contribution is 0.356. The SMILES string of the molecule is O=S(=O)(NCc1cccs1)c1ccc2c(c1)CCO2. The smallest absolute Gasteiger partial charge is 0.240 e. The molecule has 0 radical (unpaired) electrons. The van der Waals surface area contributed by atoms with Crippen LogP contribution in [0.4, 0.5) is 0 Å². The van der Waals surface area contributed by atoms with Gasteiger partial charge >= 0.3 is 0 Å². The fourth-order valence-corrected chi connectivity index (χ4v) is 3.79. The average Bonchev–Trinajstić information content (AvgIpc) is 3.06. The van der Waals surface area contributed by atoms with Crippen LogP contribution >= 0.6 is 11.3 Å². The predicted molar refractivity (Wildman–Crippen MR) is 74.0 cm³/mol. The summed E-state index contributed by atoms with van der Waals surface area (Å²) in [5.41, 5.74) is 0.957. The third kappa shape index (κ3) is 2.65. The molecule has 3 rings (SSSR count). The lowest BCUT2D eigenvalue weighted by Crippen LogP contribution is -2.22. The molecule has 100 valence electrons. The average molecular weight is 295 g/mol. The van der Waals surface area contributed by atoms with Crippen LogP contribution < -0.4 is 9.46 Å². The third-order valence-electron chi connectivity index (χ3n) is 2.99. The van der Waals surface area contributed by atoms with Crippen molar-refractivity contribution in [2.45, 2.75) is 17.9 Å². The first-order valence-corrected chi connectivity index (χ1v) is 8.29. The molecule has 1 N–H and O–H groups in total. The number of benzene rings is 1. The van der Waals surface area contributed by atoms with Crippen molar-refractivity contribution in [3.05, 3.63) is 46.2 Å². The fourth-order valence-electron chi connectivity index (χ4n) is 1.99. The Balaban J connectivity index is 1.80. The van der Waals surface area contributed by atoms with Gasteiger partial charge in [-0.2, -0.15) is 0 Å². The molecular weight excluding hydrogens is 282 g/mol. The highest BCUT2D eigenvalue weighted by molar-refractivity contribution is 7.89. The Bertz CT molecular complexity index is 678. The molecule has 4 nitrogen and oxygen atoms in total. The van der Waals surface area contributed by atoms with E-state index in [1.807, 2.05) is 17.5 Å². The van der Waals surface area contributed by atoms with Gasteiger partial charge in [0.1, 0.15) is 5.75 Å². The van der Waals surface area contributed by atoms with Gasteiger partial charge in [-0.1, -0.05) is 6.07 Å². The summed E-state index contributed by atoms with van der Waals surface area (Å²) < 4.78 is 32.3. The Hall–Kier alpha value is -1.37. The lowest BCUT2D eigenvalue weighted by Gasteiger charge is -2.07. The van der Waals surface area contributed by atoms with E-state index in [2.05, 4.69) is 4.72 Å². The van der Waals surface area contributed by atoms with Gasteiger partial charge in [-0.15, -0.1) is 11.3 Å². The molecule has 0 aliphatic carbocycles. The maximum absolute atomic E-state index is 12.2. The summed E-state index contributed by atoms with van der Waals surface area (Å²) in [5, 5.41) is 1.93. The molecule has 0 amide bonds. The summed E-state index contributed by atoms with van der Waals surface area (Å²) in [4.78, 5) is 1.29. The van der Waals surface area contributed by atoms with E-state index >= 15 is 0 Å². The molecular formula is C13H13NO3S2. The summed E-state index contributed by atoms with van der Waals surface area (Å²) in [6.45, 7) is 0.953. The van der Waals surface area contributed by atoms with Gasteiger partial charge < -0.3 is 4.74 Å². The Morgan fingerprint density at radius 3 is 3.00 bits per heavy atom. The molecule has 0 spiro atoms. The summed E-state index contributed by atoms with van der Waals surface area (Å²) >= 11 is 1.53. The van der Waals surface area contributed by atoms with E-state index in [0.29, 0.717) is 18.0 Å². The van der Waals surface area contributed by atoms with Crippen LogP contribution in [0.15, 0.2) is 40.6 Å². The molecule has 2 heterocycles. The van der Waals surface area contributed by atoms with Crippen molar-refractivity contribution in [3.8, 4) is 5.75 Å². The highest BCUT2D eigenvalue weighted by Crippen LogP contribution is 2.27. The van der Waals surface area contributed by atoms with Crippen molar-refractivity contribution in [1.29, 1.82) is 0 Å². The minimum atomic E-state index is -3.46. The number of nitrogens with one attached hydrogen (secondary N) is 1. The predicted octanol–water partition coefficient (Wildman–Crippen LogP) is 2.16.